The summed E-state index contributed by atoms with van der Waals surface area (Å²) in [5, 5.41) is 30.8. The van der Waals surface area contributed by atoms with Crippen molar-refractivity contribution < 1.29 is 15.0 Å². The number of allylic oxidation sites excluding steroid dienone is 4. The molecule has 0 spiro atoms. The highest BCUT2D eigenvalue weighted by Crippen LogP contribution is 2.23. The van der Waals surface area contributed by atoms with Crippen LogP contribution in [0.1, 0.15) is 33.3 Å². The predicted octanol–water partition coefficient (Wildman–Crippen LogP) is 4.23. The molecule has 0 aliphatic rings. The fraction of sp³-hybridized carbons (Fsp3) is 0.238. The zero-order valence-electron chi connectivity index (χ0n) is 15.7. The van der Waals surface area contributed by atoms with Crippen LogP contribution in [0.3, 0.4) is 0 Å². The molecule has 1 rings (SSSR count). The summed E-state index contributed by atoms with van der Waals surface area (Å²) in [5.41, 5.74) is 1.26. The second kappa shape index (κ2) is 13.1. The molecule has 0 fully saturated rings. The van der Waals surface area contributed by atoms with Crippen LogP contribution >= 0.6 is 0 Å². The van der Waals surface area contributed by atoms with Crippen LogP contribution in [0.2, 0.25) is 0 Å². The summed E-state index contributed by atoms with van der Waals surface area (Å²) in [4.78, 5) is 12.0. The molecule has 0 saturated heterocycles. The lowest BCUT2D eigenvalue weighted by Crippen LogP contribution is -2.26. The molecule has 1 aromatic rings. The molecule has 5 nitrogen and oxygen atoms in total. The van der Waals surface area contributed by atoms with Crippen LogP contribution in [0.4, 0.5) is 0 Å². The molecule has 0 aromatic heterocycles. The van der Waals surface area contributed by atoms with Crippen molar-refractivity contribution in [3.05, 3.63) is 65.3 Å². The monoisotopic (exact) mass is 354 g/mol. The first-order valence-electron chi connectivity index (χ1n) is 8.38. The highest BCUT2D eigenvalue weighted by molar-refractivity contribution is 5.97. The van der Waals surface area contributed by atoms with Crippen LogP contribution in [0.25, 0.3) is 6.08 Å². The molecule has 138 valence electrons. The molecule has 1 amide bonds. The van der Waals surface area contributed by atoms with Gasteiger partial charge in [0.2, 0.25) is 0 Å². The van der Waals surface area contributed by atoms with E-state index in [1.54, 1.807) is 0 Å². The molecular weight excluding hydrogens is 328 g/mol. The number of amides is 1. The summed E-state index contributed by atoms with van der Waals surface area (Å²) in [7, 11) is 0. The first-order chi connectivity index (χ1) is 12.5. The van der Waals surface area contributed by atoms with Gasteiger partial charge in [0, 0.05) is 12.1 Å². The van der Waals surface area contributed by atoms with Gasteiger partial charge < -0.3 is 15.5 Å². The van der Waals surface area contributed by atoms with Gasteiger partial charge in [-0.25, -0.2) is 0 Å². The number of phenolic OH excluding ortho intramolecular Hbond substituents is 2. The summed E-state index contributed by atoms with van der Waals surface area (Å²) in [6, 6.07) is 5.93. The van der Waals surface area contributed by atoms with Gasteiger partial charge in [0.05, 0.1) is 0 Å². The second-order valence-corrected chi connectivity index (χ2v) is 4.84. The number of phenols is 2. The van der Waals surface area contributed by atoms with Gasteiger partial charge in [-0.1, -0.05) is 44.2 Å². The van der Waals surface area contributed by atoms with E-state index in [2.05, 4.69) is 5.32 Å². The van der Waals surface area contributed by atoms with Gasteiger partial charge in [-0.15, -0.1) is 0 Å². The van der Waals surface area contributed by atoms with E-state index in [-0.39, 0.29) is 17.1 Å². The van der Waals surface area contributed by atoms with Crippen molar-refractivity contribution >= 4 is 12.0 Å². The van der Waals surface area contributed by atoms with Crippen LogP contribution in [0.15, 0.2) is 59.7 Å². The third-order valence-electron chi connectivity index (χ3n) is 3.12. The molecule has 26 heavy (non-hydrogen) atoms. The van der Waals surface area contributed by atoms with Gasteiger partial charge in [-0.3, -0.25) is 4.79 Å². The SMILES string of the molecule is C/C=C\C(=C/C)CNC(=O)/C(C#N)=C/C=C/c1cc(O)ccc1O.CC. The van der Waals surface area contributed by atoms with Gasteiger partial charge in [0.25, 0.3) is 5.91 Å². The van der Waals surface area contributed by atoms with Gasteiger partial charge in [0.15, 0.2) is 0 Å². The topological polar surface area (TPSA) is 93.4 Å². The minimum absolute atomic E-state index is 0.00973. The largest absolute Gasteiger partial charge is 0.508 e. The number of hydrogen-bond acceptors (Lipinski definition) is 4. The maximum Gasteiger partial charge on any atom is 0.262 e. The standard InChI is InChI=1S/C19H20N2O3.C2H6/c1-3-6-14(4-2)13-21-19(24)16(12-20)8-5-7-15-11-17(22)9-10-18(15)23;1-2/h3-11,22-23H,13H2,1-2H3,(H,21,24);1-2H3/b6-3-,7-5+,14-4+,16-8+;. The average Bonchev–Trinajstić information content (AvgIpc) is 2.66. The Morgan fingerprint density at radius 1 is 1.27 bits per heavy atom. The van der Waals surface area contributed by atoms with Crippen molar-refractivity contribution in [2.45, 2.75) is 27.7 Å². The highest BCUT2D eigenvalue weighted by atomic mass is 16.3. The average molecular weight is 354 g/mol. The number of carbonyl (C=O) groups excluding carboxylic acids is 1. The van der Waals surface area contributed by atoms with Crippen molar-refractivity contribution in [1.29, 1.82) is 5.26 Å². The maximum absolute atomic E-state index is 12.0. The van der Waals surface area contributed by atoms with Gasteiger partial charge >= 0.3 is 0 Å². The molecule has 0 heterocycles. The molecule has 0 atom stereocenters. The molecule has 0 saturated carbocycles. The van der Waals surface area contributed by atoms with E-state index in [1.165, 1.54) is 36.4 Å². The Labute approximate surface area is 155 Å². The van der Waals surface area contributed by atoms with E-state index in [4.69, 9.17) is 5.26 Å². The summed E-state index contributed by atoms with van der Waals surface area (Å²) < 4.78 is 0. The third kappa shape index (κ3) is 8.02. The Morgan fingerprint density at radius 2 is 1.96 bits per heavy atom. The number of rotatable bonds is 6. The van der Waals surface area contributed by atoms with E-state index in [0.29, 0.717) is 12.1 Å². The quantitative estimate of drug-likeness (QED) is 0.308. The minimum atomic E-state index is -0.480. The second-order valence-electron chi connectivity index (χ2n) is 4.84. The van der Waals surface area contributed by atoms with E-state index >= 15 is 0 Å². The van der Waals surface area contributed by atoms with Crippen LogP contribution in [0, 0.1) is 11.3 Å². The lowest BCUT2D eigenvalue weighted by atomic mass is 10.1. The number of aromatic hydroxyl groups is 2. The number of nitriles is 1. The van der Waals surface area contributed by atoms with E-state index in [1.807, 2.05) is 52.0 Å². The van der Waals surface area contributed by atoms with Crippen molar-refractivity contribution in [2.24, 2.45) is 0 Å². The van der Waals surface area contributed by atoms with Crippen molar-refractivity contribution in [1.82, 2.24) is 5.32 Å². The van der Waals surface area contributed by atoms with Crippen molar-refractivity contribution in [2.75, 3.05) is 6.54 Å². The predicted molar refractivity (Wildman–Crippen MR) is 105 cm³/mol. The van der Waals surface area contributed by atoms with Crippen LogP contribution in [-0.2, 0) is 4.79 Å². The van der Waals surface area contributed by atoms with Gasteiger partial charge in [-0.05, 0) is 43.7 Å². The van der Waals surface area contributed by atoms with Crippen LogP contribution in [0.5, 0.6) is 11.5 Å². The molecule has 0 aliphatic heterocycles. The molecular formula is C21H26N2O3. The number of nitrogens with zero attached hydrogens (tertiary/aromatic N) is 1. The summed E-state index contributed by atoms with van der Waals surface area (Å²) in [6.45, 7) is 8.08. The fourth-order valence-corrected chi connectivity index (χ4v) is 1.84. The first-order valence-corrected chi connectivity index (χ1v) is 8.38. The fourth-order valence-electron chi connectivity index (χ4n) is 1.84. The summed E-state index contributed by atoms with van der Waals surface area (Å²) >= 11 is 0. The minimum Gasteiger partial charge on any atom is -0.508 e. The molecule has 5 heteroatoms. The normalized spacial score (nSPS) is 11.8. The third-order valence-corrected chi connectivity index (χ3v) is 3.12. The summed E-state index contributed by atoms with van der Waals surface area (Å²) in [6.07, 6.45) is 9.93. The van der Waals surface area contributed by atoms with Crippen LogP contribution in [-0.4, -0.2) is 22.7 Å². The maximum atomic E-state index is 12.0. The molecule has 0 unspecified atom stereocenters. The Hall–Kier alpha value is -3.26. The molecule has 1 aromatic carbocycles. The molecule has 3 N–H and O–H groups in total. The number of benzene rings is 1. The lowest BCUT2D eigenvalue weighted by Gasteiger charge is -2.04. The first kappa shape index (κ1) is 22.7. The summed E-state index contributed by atoms with van der Waals surface area (Å²) in [5.74, 6) is -0.479. The smallest absolute Gasteiger partial charge is 0.262 e. The zero-order chi connectivity index (χ0) is 19.9. The molecule has 0 aliphatic carbocycles. The van der Waals surface area contributed by atoms with E-state index in [0.717, 1.165) is 5.57 Å². The Balaban J connectivity index is 0.00000301. The van der Waals surface area contributed by atoms with Gasteiger partial charge in [0.1, 0.15) is 23.1 Å². The number of carbonyl (C=O) groups is 1. The van der Waals surface area contributed by atoms with Gasteiger partial charge in [-0.2, -0.15) is 5.26 Å². The Morgan fingerprint density at radius 3 is 2.54 bits per heavy atom. The highest BCUT2D eigenvalue weighted by Gasteiger charge is 2.07. The van der Waals surface area contributed by atoms with E-state index in [9.17, 15) is 15.0 Å². The number of nitrogens with one attached hydrogen (secondary N) is 1. The van der Waals surface area contributed by atoms with Crippen molar-refractivity contribution in [3.63, 3.8) is 0 Å². The molecule has 0 radical (unpaired) electrons. The van der Waals surface area contributed by atoms with Crippen molar-refractivity contribution in [3.8, 4) is 17.6 Å². The zero-order valence-corrected chi connectivity index (χ0v) is 15.7. The number of hydrogen-bond donors (Lipinski definition) is 3. The lowest BCUT2D eigenvalue weighted by molar-refractivity contribution is -0.116. The van der Waals surface area contributed by atoms with E-state index < -0.39 is 5.91 Å². The Kier molecular flexibility index (Phi) is 11.4. The van der Waals surface area contributed by atoms with Crippen LogP contribution < -0.4 is 5.32 Å². The Bertz CT molecular complexity index is 751. The molecule has 0 bridgehead atoms.